The Morgan fingerprint density at radius 2 is 1.88 bits per heavy atom. The summed E-state index contributed by atoms with van der Waals surface area (Å²) in [6.45, 7) is 2.50. The van der Waals surface area contributed by atoms with Crippen LogP contribution in [0.4, 0.5) is 14.6 Å². The number of hydrogen-bond acceptors (Lipinski definition) is 7. The summed E-state index contributed by atoms with van der Waals surface area (Å²) in [5.41, 5.74) is 3.49. The highest BCUT2D eigenvalue weighted by atomic mass is 19.1. The van der Waals surface area contributed by atoms with Crippen molar-refractivity contribution in [2.45, 2.75) is 25.3 Å². The summed E-state index contributed by atoms with van der Waals surface area (Å²) in [5, 5.41) is 16.4. The molecule has 0 bridgehead atoms. The summed E-state index contributed by atoms with van der Waals surface area (Å²) in [6.07, 6.45) is 6.89. The number of aromatic nitrogens is 6. The number of nitriles is 1. The van der Waals surface area contributed by atoms with E-state index in [1.807, 2.05) is 12.4 Å². The molecule has 4 aromatic heterocycles. The van der Waals surface area contributed by atoms with Gasteiger partial charge < -0.3 is 14.8 Å². The second-order valence-electron chi connectivity index (χ2n) is 9.81. The molecule has 12 heteroatoms. The first-order valence-electron chi connectivity index (χ1n) is 13.2. The van der Waals surface area contributed by atoms with Gasteiger partial charge in [0.25, 0.3) is 5.91 Å². The van der Waals surface area contributed by atoms with Crippen LogP contribution in [0.2, 0.25) is 0 Å². The van der Waals surface area contributed by atoms with Crippen LogP contribution >= 0.6 is 0 Å². The number of nitrogens with zero attached hydrogens (tertiary/aromatic N) is 8. The molecule has 1 aliphatic heterocycles. The molecular formula is C29H25F2N9O. The SMILES string of the molecule is N#CCCN1CCC(n2cnc(-c3ccc(F)cc3)c2-c2ccc3nc(NC(=O)c4ccnc(F)c4)cn3n2)CC1. The van der Waals surface area contributed by atoms with Crippen LogP contribution in [-0.4, -0.2) is 59.6 Å². The summed E-state index contributed by atoms with van der Waals surface area (Å²) >= 11 is 0. The van der Waals surface area contributed by atoms with Crippen molar-refractivity contribution < 1.29 is 13.6 Å². The van der Waals surface area contributed by atoms with Crippen molar-refractivity contribution in [2.24, 2.45) is 0 Å². The Morgan fingerprint density at radius 1 is 1.07 bits per heavy atom. The number of carbonyl (C=O) groups excluding carboxylic acids is 1. The summed E-state index contributed by atoms with van der Waals surface area (Å²) in [6, 6.07) is 14.7. The van der Waals surface area contributed by atoms with Gasteiger partial charge in [-0.1, -0.05) is 0 Å². The van der Waals surface area contributed by atoms with Gasteiger partial charge in [-0.2, -0.15) is 14.8 Å². The fraction of sp³-hybridized carbons (Fsp3) is 0.241. The van der Waals surface area contributed by atoms with E-state index in [2.05, 4.69) is 30.8 Å². The quantitative estimate of drug-likeness (QED) is 0.290. The number of amides is 1. The lowest BCUT2D eigenvalue weighted by atomic mass is 10.0. The Balaban J connectivity index is 1.33. The summed E-state index contributed by atoms with van der Waals surface area (Å²) < 4.78 is 30.9. The lowest BCUT2D eigenvalue weighted by Gasteiger charge is -2.32. The van der Waals surface area contributed by atoms with Gasteiger partial charge in [-0.15, -0.1) is 0 Å². The number of likely N-dealkylation sites (tertiary alicyclic amines) is 1. The molecule has 0 saturated carbocycles. The minimum absolute atomic E-state index is 0.120. The second-order valence-corrected chi connectivity index (χ2v) is 9.81. The average molecular weight is 554 g/mol. The second kappa shape index (κ2) is 11.2. The molecule has 0 aliphatic carbocycles. The van der Waals surface area contributed by atoms with Gasteiger partial charge in [-0.25, -0.2) is 23.9 Å². The van der Waals surface area contributed by atoms with Gasteiger partial charge in [-0.05, 0) is 55.3 Å². The van der Waals surface area contributed by atoms with E-state index < -0.39 is 11.9 Å². The highest BCUT2D eigenvalue weighted by Crippen LogP contribution is 2.35. The Labute approximate surface area is 233 Å². The molecule has 1 aromatic carbocycles. The number of pyridine rings is 1. The normalized spacial score (nSPS) is 14.3. The Morgan fingerprint density at radius 3 is 2.63 bits per heavy atom. The molecule has 5 heterocycles. The van der Waals surface area contributed by atoms with Gasteiger partial charge in [0.05, 0.1) is 30.0 Å². The molecule has 0 radical (unpaired) electrons. The number of benzene rings is 1. The molecule has 10 nitrogen and oxygen atoms in total. The van der Waals surface area contributed by atoms with E-state index in [0.717, 1.165) is 49.8 Å². The van der Waals surface area contributed by atoms with Crippen LogP contribution in [0.15, 0.2) is 67.3 Å². The van der Waals surface area contributed by atoms with Crippen molar-refractivity contribution in [3.05, 3.63) is 84.6 Å². The van der Waals surface area contributed by atoms with Crippen molar-refractivity contribution in [3.8, 4) is 28.7 Å². The third-order valence-corrected chi connectivity index (χ3v) is 7.19. The molecule has 0 atom stereocenters. The lowest BCUT2D eigenvalue weighted by molar-refractivity contribution is 0.102. The van der Waals surface area contributed by atoms with Crippen molar-refractivity contribution in [3.63, 3.8) is 0 Å². The van der Waals surface area contributed by atoms with E-state index >= 15 is 0 Å². The van der Waals surface area contributed by atoms with Crippen LogP contribution in [0.5, 0.6) is 0 Å². The molecule has 1 amide bonds. The fourth-order valence-corrected chi connectivity index (χ4v) is 5.14. The number of hydrogen-bond donors (Lipinski definition) is 1. The molecule has 5 aromatic rings. The van der Waals surface area contributed by atoms with Crippen molar-refractivity contribution in [1.29, 1.82) is 5.26 Å². The molecule has 6 rings (SSSR count). The molecule has 1 aliphatic rings. The van der Waals surface area contributed by atoms with Gasteiger partial charge >= 0.3 is 0 Å². The van der Waals surface area contributed by atoms with E-state index in [1.165, 1.54) is 24.4 Å². The first-order valence-corrected chi connectivity index (χ1v) is 13.2. The zero-order valence-electron chi connectivity index (χ0n) is 21.9. The monoisotopic (exact) mass is 553 g/mol. The van der Waals surface area contributed by atoms with Crippen molar-refractivity contribution in [2.75, 3.05) is 25.0 Å². The third kappa shape index (κ3) is 5.53. The first kappa shape index (κ1) is 26.2. The Hall–Kier alpha value is -5.02. The Bertz CT molecular complexity index is 1750. The van der Waals surface area contributed by atoms with E-state index in [0.29, 0.717) is 23.5 Å². The maximum atomic E-state index is 13.7. The molecule has 0 unspecified atom stereocenters. The lowest BCUT2D eigenvalue weighted by Crippen LogP contribution is -2.35. The summed E-state index contributed by atoms with van der Waals surface area (Å²) in [4.78, 5) is 27.5. The maximum absolute atomic E-state index is 13.7. The Kier molecular flexibility index (Phi) is 7.18. The number of piperidine rings is 1. The zero-order valence-corrected chi connectivity index (χ0v) is 21.9. The molecule has 1 N–H and O–H groups in total. The molecule has 1 fully saturated rings. The van der Waals surface area contributed by atoms with Gasteiger partial charge in [-0.3, -0.25) is 4.79 Å². The van der Waals surface area contributed by atoms with Gasteiger partial charge in [0.1, 0.15) is 11.5 Å². The van der Waals surface area contributed by atoms with E-state index in [9.17, 15) is 13.6 Å². The molecule has 1 saturated heterocycles. The van der Waals surface area contributed by atoms with Crippen LogP contribution in [0.3, 0.4) is 0 Å². The zero-order chi connectivity index (χ0) is 28.3. The largest absolute Gasteiger partial charge is 0.326 e. The number of fused-ring (bicyclic) bond motifs is 1. The van der Waals surface area contributed by atoms with Crippen LogP contribution in [-0.2, 0) is 0 Å². The van der Waals surface area contributed by atoms with Crippen LogP contribution in [0.1, 0.15) is 35.7 Å². The number of imidazole rings is 2. The van der Waals surface area contributed by atoms with Crippen LogP contribution in [0.25, 0.3) is 28.3 Å². The number of carbonyl (C=O) groups is 1. The van der Waals surface area contributed by atoms with Crippen LogP contribution < -0.4 is 5.32 Å². The molecule has 41 heavy (non-hydrogen) atoms. The van der Waals surface area contributed by atoms with E-state index in [4.69, 9.17) is 15.3 Å². The molecule has 206 valence electrons. The average Bonchev–Trinajstić information content (AvgIpc) is 3.60. The van der Waals surface area contributed by atoms with Crippen molar-refractivity contribution in [1.82, 2.24) is 34.0 Å². The number of halogens is 2. The maximum Gasteiger partial charge on any atom is 0.257 e. The number of nitrogens with one attached hydrogen (secondary N) is 1. The third-order valence-electron chi connectivity index (χ3n) is 7.19. The van der Waals surface area contributed by atoms with Crippen molar-refractivity contribution >= 4 is 17.4 Å². The van der Waals surface area contributed by atoms with Crippen LogP contribution in [0, 0.1) is 23.1 Å². The number of anilines is 1. The first-order chi connectivity index (χ1) is 20.0. The minimum atomic E-state index is -0.750. The summed E-state index contributed by atoms with van der Waals surface area (Å²) in [5.74, 6) is -1.34. The predicted octanol–water partition coefficient (Wildman–Crippen LogP) is 4.74. The number of rotatable bonds is 7. The van der Waals surface area contributed by atoms with Gasteiger partial charge in [0.2, 0.25) is 5.95 Å². The highest BCUT2D eigenvalue weighted by molar-refractivity contribution is 6.03. The smallest absolute Gasteiger partial charge is 0.257 e. The standard InChI is InChI=1S/C29H25F2N9O/c30-21-4-2-19(3-5-21)27-28(39(18-34-27)22-9-14-38(15-10-22)13-1-11-32)23-6-7-26-35-25(17-40(26)37-23)36-29(41)20-8-12-33-24(31)16-20/h2-8,12,16-18,22H,1,9-10,13-15H2,(H,36,41). The molecule has 0 spiro atoms. The van der Waals surface area contributed by atoms with Gasteiger partial charge in [0.15, 0.2) is 11.5 Å². The summed E-state index contributed by atoms with van der Waals surface area (Å²) in [7, 11) is 0. The predicted molar refractivity (Wildman–Crippen MR) is 147 cm³/mol. The topological polar surface area (TPSA) is 117 Å². The van der Waals surface area contributed by atoms with E-state index in [1.54, 1.807) is 28.9 Å². The minimum Gasteiger partial charge on any atom is -0.326 e. The molecular weight excluding hydrogens is 528 g/mol. The van der Waals surface area contributed by atoms with Gasteiger partial charge in [0, 0.05) is 55.5 Å². The highest BCUT2D eigenvalue weighted by Gasteiger charge is 2.26. The fourth-order valence-electron chi connectivity index (χ4n) is 5.14. The van der Waals surface area contributed by atoms with E-state index in [-0.39, 0.29) is 23.2 Å².